The third-order valence-electron chi connectivity index (χ3n) is 3.00. The van der Waals surface area contributed by atoms with Crippen molar-refractivity contribution in [3.8, 4) is 35.5 Å². The standard InChI is InChI=1S/C20H28O2/c1-2-3-4-5-6-7-8-9-10-11-12-13-14-15-16-17-18-19-20(21)22/h2-5,8,11-14,17-19H2,1H3,(H,21,22). The van der Waals surface area contributed by atoms with Gasteiger partial charge >= 0.3 is 5.97 Å². The van der Waals surface area contributed by atoms with Gasteiger partial charge in [0.2, 0.25) is 0 Å². The average molecular weight is 300 g/mol. The topological polar surface area (TPSA) is 37.3 Å². The molecule has 0 rings (SSSR count). The molecule has 2 heteroatoms. The summed E-state index contributed by atoms with van der Waals surface area (Å²) in [5.41, 5.74) is 0. The normalized spacial score (nSPS) is 8.77. The summed E-state index contributed by atoms with van der Waals surface area (Å²) >= 11 is 0. The van der Waals surface area contributed by atoms with Crippen LogP contribution in [-0.4, -0.2) is 11.1 Å². The minimum absolute atomic E-state index is 0.214. The summed E-state index contributed by atoms with van der Waals surface area (Å²) in [5.74, 6) is 17.8. The Balaban J connectivity index is 3.38. The number of hydrogen-bond donors (Lipinski definition) is 1. The fourth-order valence-corrected chi connectivity index (χ4v) is 1.74. The van der Waals surface area contributed by atoms with Gasteiger partial charge in [0.25, 0.3) is 0 Å². The summed E-state index contributed by atoms with van der Waals surface area (Å²) < 4.78 is 0. The van der Waals surface area contributed by atoms with Gasteiger partial charge in [-0.05, 0) is 25.7 Å². The number of hydrogen-bond acceptors (Lipinski definition) is 1. The first-order chi connectivity index (χ1) is 10.8. The first kappa shape index (κ1) is 20.1. The van der Waals surface area contributed by atoms with E-state index in [2.05, 4.69) is 42.4 Å². The maximum atomic E-state index is 10.3. The van der Waals surface area contributed by atoms with Gasteiger partial charge in [0.15, 0.2) is 0 Å². The Morgan fingerprint density at radius 2 is 1.18 bits per heavy atom. The Morgan fingerprint density at radius 3 is 1.68 bits per heavy atom. The molecule has 0 aliphatic rings. The summed E-state index contributed by atoms with van der Waals surface area (Å²) in [5, 5.41) is 8.47. The summed E-state index contributed by atoms with van der Waals surface area (Å²) in [7, 11) is 0. The van der Waals surface area contributed by atoms with Gasteiger partial charge in [0.1, 0.15) is 0 Å². The highest BCUT2D eigenvalue weighted by Crippen LogP contribution is 1.99. The van der Waals surface area contributed by atoms with Gasteiger partial charge in [-0.3, -0.25) is 4.79 Å². The molecule has 0 spiro atoms. The van der Waals surface area contributed by atoms with E-state index in [1.807, 2.05) is 0 Å². The van der Waals surface area contributed by atoms with Gasteiger partial charge in [-0.25, -0.2) is 0 Å². The van der Waals surface area contributed by atoms with Crippen molar-refractivity contribution in [3.05, 3.63) is 0 Å². The fourth-order valence-electron chi connectivity index (χ4n) is 1.74. The molecule has 0 heterocycles. The number of carboxylic acids is 1. The summed E-state index contributed by atoms with van der Waals surface area (Å²) in [6, 6.07) is 0. The maximum absolute atomic E-state index is 10.3. The number of carboxylic acid groups (broad SMARTS) is 1. The zero-order chi connectivity index (χ0) is 16.3. The van der Waals surface area contributed by atoms with Crippen LogP contribution in [0.4, 0.5) is 0 Å². The largest absolute Gasteiger partial charge is 0.481 e. The molecule has 0 atom stereocenters. The Kier molecular flexibility index (Phi) is 15.8. The second-order valence-electron chi connectivity index (χ2n) is 5.15. The molecule has 2 nitrogen and oxygen atoms in total. The van der Waals surface area contributed by atoms with Gasteiger partial charge in [0, 0.05) is 32.1 Å². The molecule has 0 aliphatic carbocycles. The van der Waals surface area contributed by atoms with Gasteiger partial charge in [-0.2, -0.15) is 0 Å². The zero-order valence-corrected chi connectivity index (χ0v) is 13.8. The van der Waals surface area contributed by atoms with Gasteiger partial charge in [-0.1, -0.05) is 31.6 Å². The van der Waals surface area contributed by atoms with E-state index in [-0.39, 0.29) is 6.42 Å². The van der Waals surface area contributed by atoms with Crippen LogP contribution in [0.3, 0.4) is 0 Å². The molecule has 0 bridgehead atoms. The predicted molar refractivity (Wildman–Crippen MR) is 92.0 cm³/mol. The molecule has 0 aromatic heterocycles. The molecule has 0 aromatic rings. The Bertz CT molecular complexity index is 457. The maximum Gasteiger partial charge on any atom is 0.303 e. The lowest BCUT2D eigenvalue weighted by Crippen LogP contribution is -1.92. The molecule has 1 N–H and O–H groups in total. The van der Waals surface area contributed by atoms with Crippen LogP contribution in [0.5, 0.6) is 0 Å². The van der Waals surface area contributed by atoms with Crippen LogP contribution in [0.1, 0.15) is 84.0 Å². The fraction of sp³-hybridized carbons (Fsp3) is 0.650. The highest BCUT2D eigenvalue weighted by molar-refractivity contribution is 5.66. The van der Waals surface area contributed by atoms with Crippen molar-refractivity contribution in [2.75, 3.05) is 0 Å². The van der Waals surface area contributed by atoms with E-state index in [1.54, 1.807) is 0 Å². The molecule has 120 valence electrons. The number of rotatable bonds is 9. The van der Waals surface area contributed by atoms with Crippen molar-refractivity contribution in [1.82, 2.24) is 0 Å². The average Bonchev–Trinajstić information content (AvgIpc) is 2.50. The molecule has 0 saturated carbocycles. The lowest BCUT2D eigenvalue weighted by atomic mass is 10.2. The van der Waals surface area contributed by atoms with E-state index in [9.17, 15) is 4.79 Å². The van der Waals surface area contributed by atoms with Crippen LogP contribution in [0.2, 0.25) is 0 Å². The van der Waals surface area contributed by atoms with Gasteiger partial charge < -0.3 is 5.11 Å². The van der Waals surface area contributed by atoms with Gasteiger partial charge in [0.05, 0.1) is 6.42 Å². The number of carbonyl (C=O) groups is 1. The Hall–Kier alpha value is -1.85. The molecule has 0 saturated heterocycles. The molecule has 0 fully saturated rings. The Morgan fingerprint density at radius 1 is 0.727 bits per heavy atom. The molecule has 0 amide bonds. The van der Waals surface area contributed by atoms with Crippen molar-refractivity contribution in [2.24, 2.45) is 0 Å². The lowest BCUT2D eigenvalue weighted by molar-refractivity contribution is -0.137. The number of unbranched alkanes of at least 4 members (excludes halogenated alkanes) is 7. The SMILES string of the molecule is CCCCCC#CCC#CCCCCC#CCCCC(=O)O. The van der Waals surface area contributed by atoms with Crippen molar-refractivity contribution < 1.29 is 9.90 Å². The van der Waals surface area contributed by atoms with Gasteiger partial charge in [-0.15, -0.1) is 23.7 Å². The first-order valence-electron chi connectivity index (χ1n) is 8.36. The quantitative estimate of drug-likeness (QED) is 0.491. The summed E-state index contributed by atoms with van der Waals surface area (Å²) in [4.78, 5) is 10.3. The lowest BCUT2D eigenvalue weighted by Gasteiger charge is -1.90. The third-order valence-corrected chi connectivity index (χ3v) is 3.00. The van der Waals surface area contributed by atoms with E-state index >= 15 is 0 Å². The van der Waals surface area contributed by atoms with Crippen molar-refractivity contribution in [2.45, 2.75) is 84.0 Å². The number of aliphatic carboxylic acids is 1. The van der Waals surface area contributed by atoms with E-state index < -0.39 is 5.97 Å². The third kappa shape index (κ3) is 18.1. The second kappa shape index (κ2) is 17.2. The minimum atomic E-state index is -0.744. The van der Waals surface area contributed by atoms with Crippen LogP contribution < -0.4 is 0 Å². The predicted octanol–water partition coefficient (Wildman–Crippen LogP) is 4.78. The molecule has 0 radical (unpaired) electrons. The first-order valence-corrected chi connectivity index (χ1v) is 8.36. The second-order valence-corrected chi connectivity index (χ2v) is 5.15. The summed E-state index contributed by atoms with van der Waals surface area (Å²) in [6.45, 7) is 2.20. The smallest absolute Gasteiger partial charge is 0.303 e. The van der Waals surface area contributed by atoms with E-state index in [0.717, 1.165) is 32.1 Å². The van der Waals surface area contributed by atoms with Crippen LogP contribution >= 0.6 is 0 Å². The summed E-state index contributed by atoms with van der Waals surface area (Å²) in [6.07, 6.45) is 10.9. The van der Waals surface area contributed by atoms with Crippen molar-refractivity contribution in [1.29, 1.82) is 0 Å². The molecular weight excluding hydrogens is 272 g/mol. The molecule has 0 aliphatic heterocycles. The van der Waals surface area contributed by atoms with E-state index in [0.29, 0.717) is 19.3 Å². The monoisotopic (exact) mass is 300 g/mol. The molecular formula is C20H28O2. The molecule has 0 aromatic carbocycles. The molecule has 0 unspecified atom stereocenters. The van der Waals surface area contributed by atoms with Crippen LogP contribution in [-0.2, 0) is 4.79 Å². The molecule has 22 heavy (non-hydrogen) atoms. The van der Waals surface area contributed by atoms with Crippen LogP contribution in [0, 0.1) is 35.5 Å². The minimum Gasteiger partial charge on any atom is -0.481 e. The van der Waals surface area contributed by atoms with E-state index in [4.69, 9.17) is 5.11 Å². The Labute approximate surface area is 136 Å². The highest BCUT2D eigenvalue weighted by atomic mass is 16.4. The van der Waals surface area contributed by atoms with Crippen LogP contribution in [0.15, 0.2) is 0 Å². The van der Waals surface area contributed by atoms with E-state index in [1.165, 1.54) is 19.3 Å². The zero-order valence-electron chi connectivity index (χ0n) is 13.8. The van der Waals surface area contributed by atoms with Crippen LogP contribution in [0.25, 0.3) is 0 Å². The highest BCUT2D eigenvalue weighted by Gasteiger charge is 1.92. The van der Waals surface area contributed by atoms with Crippen molar-refractivity contribution in [3.63, 3.8) is 0 Å². The van der Waals surface area contributed by atoms with Crippen molar-refractivity contribution >= 4 is 5.97 Å².